The third-order valence-electron chi connectivity index (χ3n) is 2.16. The molecule has 0 atom stereocenters. The average molecular weight is 195 g/mol. The van der Waals surface area contributed by atoms with Crippen molar-refractivity contribution in [3.8, 4) is 0 Å². The summed E-state index contributed by atoms with van der Waals surface area (Å²) in [6.07, 6.45) is 0. The molecule has 0 aliphatic carbocycles. The summed E-state index contributed by atoms with van der Waals surface area (Å²) in [6.45, 7) is 4.98. The van der Waals surface area contributed by atoms with Crippen LogP contribution in [0.15, 0.2) is 18.2 Å². The van der Waals surface area contributed by atoms with Crippen molar-refractivity contribution in [1.82, 2.24) is 9.78 Å². The molecule has 0 unspecified atom stereocenters. The molecule has 0 amide bonds. The fourth-order valence-corrected chi connectivity index (χ4v) is 1.74. The molecule has 68 valence electrons. The minimum atomic E-state index is 0.594. The molecule has 1 heterocycles. The first kappa shape index (κ1) is 8.57. The van der Waals surface area contributed by atoms with Gasteiger partial charge in [0.1, 0.15) is 0 Å². The fourth-order valence-electron chi connectivity index (χ4n) is 1.48. The highest BCUT2D eigenvalue weighted by Gasteiger charge is 2.06. The highest BCUT2D eigenvalue weighted by molar-refractivity contribution is 6.34. The van der Waals surface area contributed by atoms with Gasteiger partial charge in [-0.25, -0.2) is 0 Å². The van der Waals surface area contributed by atoms with E-state index in [1.165, 1.54) is 5.56 Å². The first-order valence-corrected chi connectivity index (χ1v) is 4.73. The van der Waals surface area contributed by atoms with Crippen molar-refractivity contribution in [3.05, 3.63) is 28.9 Å². The SMILES string of the molecule is CCn1nc(Cl)c2ccc(C)cc21. The molecule has 0 aliphatic rings. The van der Waals surface area contributed by atoms with Crippen molar-refractivity contribution in [2.24, 2.45) is 0 Å². The molecular weight excluding hydrogens is 184 g/mol. The lowest BCUT2D eigenvalue weighted by molar-refractivity contribution is 0.684. The Labute approximate surface area is 82.1 Å². The van der Waals surface area contributed by atoms with E-state index < -0.39 is 0 Å². The molecule has 0 N–H and O–H groups in total. The quantitative estimate of drug-likeness (QED) is 0.683. The summed E-state index contributed by atoms with van der Waals surface area (Å²) < 4.78 is 1.92. The van der Waals surface area contributed by atoms with Gasteiger partial charge in [-0.2, -0.15) is 5.10 Å². The van der Waals surface area contributed by atoms with Crippen LogP contribution < -0.4 is 0 Å². The van der Waals surface area contributed by atoms with Crippen molar-refractivity contribution in [3.63, 3.8) is 0 Å². The molecule has 2 aromatic rings. The van der Waals surface area contributed by atoms with Gasteiger partial charge in [0.05, 0.1) is 5.52 Å². The Hall–Kier alpha value is -1.02. The topological polar surface area (TPSA) is 17.8 Å². The van der Waals surface area contributed by atoms with Gasteiger partial charge in [-0.3, -0.25) is 4.68 Å². The maximum Gasteiger partial charge on any atom is 0.158 e. The largest absolute Gasteiger partial charge is 0.264 e. The van der Waals surface area contributed by atoms with Crippen molar-refractivity contribution in [2.75, 3.05) is 0 Å². The Morgan fingerprint density at radius 2 is 2.23 bits per heavy atom. The number of nitrogens with zero attached hydrogens (tertiary/aromatic N) is 2. The van der Waals surface area contributed by atoms with Gasteiger partial charge in [0.2, 0.25) is 0 Å². The molecule has 2 rings (SSSR count). The molecule has 0 bridgehead atoms. The van der Waals surface area contributed by atoms with Crippen molar-refractivity contribution >= 4 is 22.5 Å². The van der Waals surface area contributed by atoms with Gasteiger partial charge in [-0.05, 0) is 31.5 Å². The molecule has 0 saturated heterocycles. The number of aromatic nitrogens is 2. The maximum atomic E-state index is 5.98. The summed E-state index contributed by atoms with van der Waals surface area (Å²) in [5.74, 6) is 0. The zero-order chi connectivity index (χ0) is 9.42. The number of hydrogen-bond donors (Lipinski definition) is 0. The van der Waals surface area contributed by atoms with E-state index in [0.29, 0.717) is 5.15 Å². The molecule has 0 saturated carbocycles. The Bertz CT molecular complexity index is 445. The maximum absolute atomic E-state index is 5.98. The molecular formula is C10H11ClN2. The van der Waals surface area contributed by atoms with Gasteiger partial charge in [0, 0.05) is 11.9 Å². The molecule has 13 heavy (non-hydrogen) atoms. The lowest BCUT2D eigenvalue weighted by atomic mass is 10.2. The van der Waals surface area contributed by atoms with Crippen LogP contribution in [0.25, 0.3) is 10.9 Å². The van der Waals surface area contributed by atoms with Crippen molar-refractivity contribution in [1.29, 1.82) is 0 Å². The number of benzene rings is 1. The summed E-state index contributed by atoms with van der Waals surface area (Å²) in [5, 5.41) is 5.86. The number of aryl methyl sites for hydroxylation is 2. The normalized spacial score (nSPS) is 11.0. The van der Waals surface area contributed by atoms with Gasteiger partial charge in [0.25, 0.3) is 0 Å². The van der Waals surface area contributed by atoms with Crippen LogP contribution in [0.5, 0.6) is 0 Å². The van der Waals surface area contributed by atoms with Crippen LogP contribution in [0.1, 0.15) is 12.5 Å². The number of fused-ring (bicyclic) bond motifs is 1. The monoisotopic (exact) mass is 194 g/mol. The minimum absolute atomic E-state index is 0.594. The van der Waals surface area contributed by atoms with Crippen LogP contribution in [0.4, 0.5) is 0 Å². The first-order valence-electron chi connectivity index (χ1n) is 4.35. The van der Waals surface area contributed by atoms with E-state index >= 15 is 0 Å². The van der Waals surface area contributed by atoms with Crippen LogP contribution in [0.3, 0.4) is 0 Å². The van der Waals surface area contributed by atoms with Crippen molar-refractivity contribution in [2.45, 2.75) is 20.4 Å². The summed E-state index contributed by atoms with van der Waals surface area (Å²) in [5.41, 5.74) is 2.35. The molecule has 0 radical (unpaired) electrons. The van der Waals surface area contributed by atoms with Gasteiger partial charge < -0.3 is 0 Å². The Kier molecular flexibility index (Phi) is 2.00. The second-order valence-corrected chi connectivity index (χ2v) is 3.49. The van der Waals surface area contributed by atoms with E-state index in [1.54, 1.807) is 0 Å². The predicted octanol–water partition coefficient (Wildman–Crippen LogP) is 3.02. The molecule has 2 nitrogen and oxygen atoms in total. The van der Waals surface area contributed by atoms with E-state index in [4.69, 9.17) is 11.6 Å². The highest BCUT2D eigenvalue weighted by Crippen LogP contribution is 2.23. The molecule has 0 aliphatic heterocycles. The lowest BCUT2D eigenvalue weighted by Gasteiger charge is -1.98. The fraction of sp³-hybridized carbons (Fsp3) is 0.300. The van der Waals surface area contributed by atoms with E-state index in [0.717, 1.165) is 17.4 Å². The lowest BCUT2D eigenvalue weighted by Crippen LogP contribution is -1.95. The third kappa shape index (κ3) is 1.31. The average Bonchev–Trinajstić information content (AvgIpc) is 2.42. The number of halogens is 1. The molecule has 1 aromatic heterocycles. The zero-order valence-electron chi connectivity index (χ0n) is 7.71. The van der Waals surface area contributed by atoms with Crippen LogP contribution in [0.2, 0.25) is 5.15 Å². The van der Waals surface area contributed by atoms with Crippen LogP contribution >= 0.6 is 11.6 Å². The zero-order valence-corrected chi connectivity index (χ0v) is 8.47. The van der Waals surface area contributed by atoms with Gasteiger partial charge in [0.15, 0.2) is 5.15 Å². The van der Waals surface area contributed by atoms with E-state index in [1.807, 2.05) is 10.7 Å². The molecule has 3 heteroatoms. The summed E-state index contributed by atoms with van der Waals surface area (Å²) >= 11 is 5.98. The Balaban J connectivity index is 2.81. The smallest absolute Gasteiger partial charge is 0.158 e. The molecule has 0 fully saturated rings. The van der Waals surface area contributed by atoms with Gasteiger partial charge >= 0.3 is 0 Å². The Morgan fingerprint density at radius 1 is 1.46 bits per heavy atom. The Morgan fingerprint density at radius 3 is 2.92 bits per heavy atom. The van der Waals surface area contributed by atoms with Crippen LogP contribution in [-0.4, -0.2) is 9.78 Å². The van der Waals surface area contributed by atoms with Gasteiger partial charge in [-0.15, -0.1) is 0 Å². The minimum Gasteiger partial charge on any atom is -0.264 e. The van der Waals surface area contributed by atoms with E-state index in [9.17, 15) is 0 Å². The summed E-state index contributed by atoms with van der Waals surface area (Å²) in [7, 11) is 0. The van der Waals surface area contributed by atoms with Gasteiger partial charge in [-0.1, -0.05) is 17.7 Å². The second-order valence-electron chi connectivity index (χ2n) is 3.13. The summed E-state index contributed by atoms with van der Waals surface area (Å²) in [6, 6.07) is 6.18. The van der Waals surface area contributed by atoms with Crippen molar-refractivity contribution < 1.29 is 0 Å². The third-order valence-corrected chi connectivity index (χ3v) is 2.44. The first-order chi connectivity index (χ1) is 6.22. The number of rotatable bonds is 1. The molecule has 0 spiro atoms. The standard InChI is InChI=1S/C10H11ClN2/c1-3-13-9-6-7(2)4-5-8(9)10(11)12-13/h4-6H,3H2,1-2H3. The molecule has 1 aromatic carbocycles. The number of hydrogen-bond acceptors (Lipinski definition) is 1. The summed E-state index contributed by atoms with van der Waals surface area (Å²) in [4.78, 5) is 0. The van der Waals surface area contributed by atoms with E-state index in [-0.39, 0.29) is 0 Å². The predicted molar refractivity (Wildman–Crippen MR) is 55.2 cm³/mol. The van der Waals surface area contributed by atoms with Crippen LogP contribution in [0, 0.1) is 6.92 Å². The van der Waals surface area contributed by atoms with E-state index in [2.05, 4.69) is 31.1 Å². The van der Waals surface area contributed by atoms with Crippen LogP contribution in [-0.2, 0) is 6.54 Å². The highest BCUT2D eigenvalue weighted by atomic mass is 35.5. The second kappa shape index (κ2) is 3.04.